The average Bonchev–Trinajstić information content (AvgIpc) is 2.77. The maximum absolute atomic E-state index is 11.3. The fourth-order valence-electron chi connectivity index (χ4n) is 8.07. The van der Waals surface area contributed by atoms with Gasteiger partial charge in [-0.15, -0.1) is 0 Å². The minimum Gasteiger partial charge on any atom is -0.481 e. The zero-order valence-corrected chi connectivity index (χ0v) is 16.0. The third-order valence-electron chi connectivity index (χ3n) is 9.16. The fraction of sp³-hybridized carbons (Fsp3) is 0.952. The van der Waals surface area contributed by atoms with Crippen molar-refractivity contribution in [1.29, 1.82) is 0 Å². The second kappa shape index (κ2) is 6.18. The number of aliphatic carboxylic acids is 1. The molecular formula is C21H34O5. The lowest BCUT2D eigenvalue weighted by atomic mass is 9.43. The lowest BCUT2D eigenvalue weighted by Gasteiger charge is -2.62. The number of aliphatic hydroxyl groups excluding tert-OH is 3. The molecule has 10 atom stereocenters. The molecule has 0 bridgehead atoms. The highest BCUT2D eigenvalue weighted by atomic mass is 16.4. The van der Waals surface area contributed by atoms with Gasteiger partial charge in [-0.25, -0.2) is 0 Å². The Hall–Kier alpha value is -0.650. The number of hydrogen-bond donors (Lipinski definition) is 4. The number of carboxylic acids is 1. The van der Waals surface area contributed by atoms with Crippen LogP contribution in [-0.2, 0) is 4.79 Å². The maximum atomic E-state index is 11.3. The Morgan fingerprint density at radius 1 is 0.962 bits per heavy atom. The van der Waals surface area contributed by atoms with Gasteiger partial charge >= 0.3 is 5.97 Å². The van der Waals surface area contributed by atoms with Gasteiger partial charge < -0.3 is 20.4 Å². The molecule has 5 nitrogen and oxygen atoms in total. The van der Waals surface area contributed by atoms with Crippen LogP contribution >= 0.6 is 0 Å². The first-order chi connectivity index (χ1) is 12.2. The summed E-state index contributed by atoms with van der Waals surface area (Å²) in [6, 6.07) is 0. The summed E-state index contributed by atoms with van der Waals surface area (Å²) in [5.41, 5.74) is -0.275. The van der Waals surface area contributed by atoms with Crippen molar-refractivity contribution in [2.75, 3.05) is 0 Å². The summed E-state index contributed by atoms with van der Waals surface area (Å²) in [5, 5.41) is 41.6. The van der Waals surface area contributed by atoms with Gasteiger partial charge in [0.1, 0.15) is 0 Å². The van der Waals surface area contributed by atoms with Gasteiger partial charge in [-0.2, -0.15) is 0 Å². The van der Waals surface area contributed by atoms with Gasteiger partial charge in [0.15, 0.2) is 0 Å². The summed E-state index contributed by atoms with van der Waals surface area (Å²) in [7, 11) is 0. The molecule has 1 unspecified atom stereocenters. The van der Waals surface area contributed by atoms with Crippen molar-refractivity contribution in [3.8, 4) is 0 Å². The molecule has 0 aromatic heterocycles. The number of aliphatic hydroxyl groups is 3. The molecule has 4 N–H and O–H groups in total. The van der Waals surface area contributed by atoms with Gasteiger partial charge in [-0.05, 0) is 85.4 Å². The third-order valence-corrected chi connectivity index (χ3v) is 9.16. The molecule has 4 aliphatic rings. The molecule has 4 fully saturated rings. The van der Waals surface area contributed by atoms with Crippen LogP contribution in [0.2, 0.25) is 0 Å². The van der Waals surface area contributed by atoms with E-state index in [9.17, 15) is 25.2 Å². The highest BCUT2D eigenvalue weighted by Gasteiger charge is 2.65. The number of carboxylic acid groups (broad SMARTS) is 1. The minimum atomic E-state index is -0.808. The predicted octanol–water partition coefficient (Wildman–Crippen LogP) is 2.42. The molecule has 0 aromatic rings. The molecule has 4 aliphatic carbocycles. The highest BCUT2D eigenvalue weighted by molar-refractivity contribution is 5.67. The Bertz CT molecular complexity index is 579. The molecule has 0 aromatic carbocycles. The van der Waals surface area contributed by atoms with E-state index in [1.807, 2.05) is 0 Å². The number of fused-ring (bicyclic) bond motifs is 5. The smallest absolute Gasteiger partial charge is 0.303 e. The minimum absolute atomic E-state index is 0.0213. The normalized spacial score (nSPS) is 56.3. The number of carbonyl (C=O) groups is 1. The molecule has 5 heteroatoms. The zero-order valence-electron chi connectivity index (χ0n) is 16.0. The molecule has 26 heavy (non-hydrogen) atoms. The maximum Gasteiger partial charge on any atom is 0.303 e. The molecule has 4 saturated carbocycles. The first-order valence-corrected chi connectivity index (χ1v) is 10.4. The Balaban J connectivity index is 1.67. The Morgan fingerprint density at radius 2 is 1.65 bits per heavy atom. The Kier molecular flexibility index (Phi) is 4.44. The summed E-state index contributed by atoms with van der Waals surface area (Å²) < 4.78 is 0. The Labute approximate surface area is 155 Å². The van der Waals surface area contributed by atoms with Gasteiger partial charge in [0.05, 0.1) is 18.3 Å². The van der Waals surface area contributed by atoms with Gasteiger partial charge in [0.2, 0.25) is 0 Å². The SMILES string of the molecule is C[C@]12C[C@H](O)[C@H]3[C@@H](CCC4C[C@H](O)CC[C@@]43C)[C@@H]1[C@@H](O)C[C@@H]2CC(=O)O. The molecule has 4 rings (SSSR count). The monoisotopic (exact) mass is 366 g/mol. The fourth-order valence-corrected chi connectivity index (χ4v) is 8.07. The molecule has 0 heterocycles. The van der Waals surface area contributed by atoms with E-state index in [2.05, 4.69) is 13.8 Å². The quantitative estimate of drug-likeness (QED) is 0.602. The standard InChI is InChI=1S/C21H34O5/c1-20-6-5-13(22)7-11(20)3-4-14-18-15(23)8-12(9-17(25)26)21(18,2)10-16(24)19(14)20/h11-16,18-19,22-24H,3-10H2,1-2H3,(H,25,26)/t11?,12-,13-,14+,15+,16+,18-,19-,20+,21-/m1/s1. The van der Waals surface area contributed by atoms with Crippen molar-refractivity contribution < 1.29 is 25.2 Å². The van der Waals surface area contributed by atoms with E-state index in [4.69, 9.17) is 0 Å². The zero-order chi connectivity index (χ0) is 18.9. The average molecular weight is 366 g/mol. The summed E-state index contributed by atoms with van der Waals surface area (Å²) >= 11 is 0. The van der Waals surface area contributed by atoms with Crippen LogP contribution in [0.3, 0.4) is 0 Å². The topological polar surface area (TPSA) is 98.0 Å². The summed E-state index contributed by atoms with van der Waals surface area (Å²) in [4.78, 5) is 11.3. The van der Waals surface area contributed by atoms with E-state index >= 15 is 0 Å². The lowest BCUT2D eigenvalue weighted by molar-refractivity contribution is -0.188. The lowest BCUT2D eigenvalue weighted by Crippen LogP contribution is -2.60. The first-order valence-electron chi connectivity index (χ1n) is 10.4. The van der Waals surface area contributed by atoms with E-state index in [0.29, 0.717) is 18.8 Å². The van der Waals surface area contributed by atoms with Crippen LogP contribution in [0.1, 0.15) is 65.2 Å². The second-order valence-corrected chi connectivity index (χ2v) is 10.3. The van der Waals surface area contributed by atoms with Gasteiger partial charge in [0.25, 0.3) is 0 Å². The summed E-state index contributed by atoms with van der Waals surface area (Å²) in [5.74, 6) is 0.0794. The first kappa shape index (κ1) is 18.7. The molecule has 0 amide bonds. The van der Waals surface area contributed by atoms with Gasteiger partial charge in [-0.1, -0.05) is 13.8 Å². The second-order valence-electron chi connectivity index (χ2n) is 10.3. The Morgan fingerprint density at radius 3 is 2.35 bits per heavy atom. The van der Waals surface area contributed by atoms with Crippen molar-refractivity contribution in [2.24, 2.45) is 40.4 Å². The van der Waals surface area contributed by atoms with Crippen molar-refractivity contribution in [1.82, 2.24) is 0 Å². The van der Waals surface area contributed by atoms with Crippen LogP contribution in [0.25, 0.3) is 0 Å². The summed E-state index contributed by atoms with van der Waals surface area (Å²) in [6.45, 7) is 4.41. The van der Waals surface area contributed by atoms with Crippen molar-refractivity contribution in [2.45, 2.75) is 83.5 Å². The van der Waals surface area contributed by atoms with Crippen LogP contribution < -0.4 is 0 Å². The van der Waals surface area contributed by atoms with E-state index in [1.165, 1.54) is 0 Å². The van der Waals surface area contributed by atoms with Crippen LogP contribution in [0.4, 0.5) is 0 Å². The van der Waals surface area contributed by atoms with Crippen LogP contribution in [0.15, 0.2) is 0 Å². The van der Waals surface area contributed by atoms with Gasteiger partial charge in [0, 0.05) is 6.42 Å². The van der Waals surface area contributed by atoms with Crippen LogP contribution in [0, 0.1) is 40.4 Å². The molecule has 0 saturated heterocycles. The van der Waals surface area contributed by atoms with Crippen molar-refractivity contribution in [3.63, 3.8) is 0 Å². The highest BCUT2D eigenvalue weighted by Crippen LogP contribution is 2.67. The molecular weight excluding hydrogens is 332 g/mol. The van der Waals surface area contributed by atoms with E-state index in [-0.39, 0.29) is 47.0 Å². The van der Waals surface area contributed by atoms with Crippen molar-refractivity contribution in [3.05, 3.63) is 0 Å². The van der Waals surface area contributed by atoms with E-state index < -0.39 is 18.2 Å². The molecule has 148 valence electrons. The van der Waals surface area contributed by atoms with Crippen LogP contribution in [-0.4, -0.2) is 44.7 Å². The van der Waals surface area contributed by atoms with Crippen molar-refractivity contribution >= 4 is 5.97 Å². The van der Waals surface area contributed by atoms with E-state index in [0.717, 1.165) is 32.1 Å². The third kappa shape index (κ3) is 2.57. The van der Waals surface area contributed by atoms with Gasteiger partial charge in [-0.3, -0.25) is 4.79 Å². The molecule has 0 radical (unpaired) electrons. The van der Waals surface area contributed by atoms with E-state index in [1.54, 1.807) is 0 Å². The number of rotatable bonds is 2. The molecule has 0 spiro atoms. The summed E-state index contributed by atoms with van der Waals surface area (Å²) in [6.07, 6.45) is 4.71. The number of hydrogen-bond acceptors (Lipinski definition) is 4. The predicted molar refractivity (Wildman–Crippen MR) is 96.3 cm³/mol. The van der Waals surface area contributed by atoms with Crippen LogP contribution in [0.5, 0.6) is 0 Å². The largest absolute Gasteiger partial charge is 0.481 e. The molecule has 0 aliphatic heterocycles.